The van der Waals surface area contributed by atoms with Crippen LogP contribution in [0.3, 0.4) is 0 Å². The zero-order valence-electron chi connectivity index (χ0n) is 12.9. The van der Waals surface area contributed by atoms with Crippen LogP contribution < -0.4 is 10.2 Å². The molecule has 1 rings (SSSR count). The number of hydrogen-bond acceptors (Lipinski definition) is 4. The lowest BCUT2D eigenvalue weighted by Gasteiger charge is -2.37. The third-order valence-electron chi connectivity index (χ3n) is 3.64. The monoisotopic (exact) mass is 250 g/mol. The SMILES string of the molecule is CNc1nc(C)nc(N(C)C(C)C(C)(C)C)c1C. The number of nitrogens with one attached hydrogen (secondary N) is 1. The van der Waals surface area contributed by atoms with Gasteiger partial charge in [0.1, 0.15) is 17.5 Å². The first-order chi connectivity index (χ1) is 8.18. The Morgan fingerprint density at radius 1 is 1.17 bits per heavy atom. The number of hydrogen-bond donors (Lipinski definition) is 1. The Kier molecular flexibility index (Phi) is 4.20. The van der Waals surface area contributed by atoms with Crippen molar-refractivity contribution in [1.29, 1.82) is 0 Å². The number of rotatable bonds is 3. The van der Waals surface area contributed by atoms with Crippen LogP contribution in [-0.4, -0.2) is 30.1 Å². The summed E-state index contributed by atoms with van der Waals surface area (Å²) in [6.07, 6.45) is 0. The highest BCUT2D eigenvalue weighted by atomic mass is 15.2. The van der Waals surface area contributed by atoms with Gasteiger partial charge in [0.2, 0.25) is 0 Å². The van der Waals surface area contributed by atoms with E-state index in [9.17, 15) is 0 Å². The van der Waals surface area contributed by atoms with E-state index >= 15 is 0 Å². The lowest BCUT2D eigenvalue weighted by molar-refractivity contribution is 0.328. The van der Waals surface area contributed by atoms with Crippen molar-refractivity contribution in [1.82, 2.24) is 9.97 Å². The first-order valence-electron chi connectivity index (χ1n) is 6.44. The summed E-state index contributed by atoms with van der Waals surface area (Å²) in [6.45, 7) is 13.0. The lowest BCUT2D eigenvalue weighted by Crippen LogP contribution is -2.40. The second-order valence-corrected chi connectivity index (χ2v) is 5.97. The van der Waals surface area contributed by atoms with Crippen molar-refractivity contribution in [2.45, 2.75) is 47.6 Å². The molecule has 1 atom stereocenters. The van der Waals surface area contributed by atoms with E-state index in [1.807, 2.05) is 14.0 Å². The van der Waals surface area contributed by atoms with Gasteiger partial charge >= 0.3 is 0 Å². The fourth-order valence-corrected chi connectivity index (χ4v) is 1.96. The molecule has 0 aromatic carbocycles. The standard InChI is InChI=1S/C14H26N4/c1-9-12(15-7)16-11(3)17-13(9)18(8)10(2)14(4,5)6/h10H,1-8H3,(H,15,16,17). The van der Waals surface area contributed by atoms with E-state index in [-0.39, 0.29) is 5.41 Å². The van der Waals surface area contributed by atoms with E-state index in [0.29, 0.717) is 6.04 Å². The van der Waals surface area contributed by atoms with Crippen LogP contribution >= 0.6 is 0 Å². The van der Waals surface area contributed by atoms with Gasteiger partial charge in [0, 0.05) is 25.7 Å². The van der Waals surface area contributed by atoms with Gasteiger partial charge in [-0.2, -0.15) is 0 Å². The van der Waals surface area contributed by atoms with Gasteiger partial charge in [-0.05, 0) is 26.2 Å². The Morgan fingerprint density at radius 2 is 1.72 bits per heavy atom. The molecule has 0 bridgehead atoms. The minimum Gasteiger partial charge on any atom is -0.373 e. The molecule has 0 aliphatic rings. The van der Waals surface area contributed by atoms with Crippen molar-refractivity contribution in [2.75, 3.05) is 24.3 Å². The normalized spacial score (nSPS) is 13.3. The van der Waals surface area contributed by atoms with Gasteiger partial charge < -0.3 is 10.2 Å². The predicted molar refractivity (Wildman–Crippen MR) is 78.4 cm³/mol. The van der Waals surface area contributed by atoms with Gasteiger partial charge in [-0.3, -0.25) is 0 Å². The Morgan fingerprint density at radius 3 is 2.17 bits per heavy atom. The van der Waals surface area contributed by atoms with Crippen LogP contribution in [0.4, 0.5) is 11.6 Å². The molecule has 0 aliphatic carbocycles. The lowest BCUT2D eigenvalue weighted by atomic mass is 9.87. The van der Waals surface area contributed by atoms with Crippen LogP contribution in [0.15, 0.2) is 0 Å². The summed E-state index contributed by atoms with van der Waals surface area (Å²) in [5.41, 5.74) is 1.31. The minimum absolute atomic E-state index is 0.208. The Bertz CT molecular complexity index is 421. The molecule has 18 heavy (non-hydrogen) atoms. The van der Waals surface area contributed by atoms with Gasteiger partial charge in [0.15, 0.2) is 0 Å². The molecule has 1 aromatic rings. The predicted octanol–water partition coefficient (Wildman–Crippen LogP) is 3.01. The highest BCUT2D eigenvalue weighted by Gasteiger charge is 2.26. The minimum atomic E-state index is 0.208. The Labute approximate surface area is 111 Å². The molecule has 0 radical (unpaired) electrons. The zero-order valence-corrected chi connectivity index (χ0v) is 12.9. The van der Waals surface area contributed by atoms with Crippen LogP contribution in [0.1, 0.15) is 39.1 Å². The molecule has 0 spiro atoms. The van der Waals surface area contributed by atoms with Crippen LogP contribution in [0, 0.1) is 19.3 Å². The summed E-state index contributed by atoms with van der Waals surface area (Å²) in [6, 6.07) is 0.398. The molecule has 0 saturated heterocycles. The Hall–Kier alpha value is -1.32. The van der Waals surface area contributed by atoms with Gasteiger partial charge in [0.05, 0.1) is 0 Å². The van der Waals surface area contributed by atoms with E-state index < -0.39 is 0 Å². The molecular formula is C14H26N4. The summed E-state index contributed by atoms with van der Waals surface area (Å²) < 4.78 is 0. The molecule has 1 heterocycles. The second-order valence-electron chi connectivity index (χ2n) is 5.97. The number of anilines is 2. The fraction of sp³-hybridized carbons (Fsp3) is 0.714. The molecule has 1 unspecified atom stereocenters. The molecule has 1 N–H and O–H groups in total. The van der Waals surface area contributed by atoms with Gasteiger partial charge in [0.25, 0.3) is 0 Å². The molecule has 0 aliphatic heterocycles. The largest absolute Gasteiger partial charge is 0.373 e. The molecule has 102 valence electrons. The van der Waals surface area contributed by atoms with Crippen molar-refractivity contribution in [3.8, 4) is 0 Å². The smallest absolute Gasteiger partial charge is 0.137 e. The van der Waals surface area contributed by atoms with Crippen LogP contribution in [-0.2, 0) is 0 Å². The molecule has 0 saturated carbocycles. The second kappa shape index (κ2) is 5.12. The summed E-state index contributed by atoms with van der Waals surface area (Å²) >= 11 is 0. The molecule has 0 fully saturated rings. The van der Waals surface area contributed by atoms with Gasteiger partial charge in [-0.25, -0.2) is 9.97 Å². The summed E-state index contributed by atoms with van der Waals surface area (Å²) in [5.74, 6) is 2.72. The topological polar surface area (TPSA) is 41.1 Å². The van der Waals surface area contributed by atoms with Gasteiger partial charge in [-0.15, -0.1) is 0 Å². The summed E-state index contributed by atoms with van der Waals surface area (Å²) in [7, 11) is 4.00. The van der Waals surface area contributed by atoms with E-state index in [0.717, 1.165) is 23.0 Å². The van der Waals surface area contributed by atoms with Crippen LogP contribution in [0.5, 0.6) is 0 Å². The molecular weight excluding hydrogens is 224 g/mol. The third kappa shape index (κ3) is 2.92. The number of aryl methyl sites for hydroxylation is 1. The van der Waals surface area contributed by atoms with E-state index in [1.165, 1.54) is 0 Å². The average molecular weight is 250 g/mol. The number of aromatic nitrogens is 2. The van der Waals surface area contributed by atoms with E-state index in [2.05, 4.69) is 61.9 Å². The summed E-state index contributed by atoms with van der Waals surface area (Å²) in [5, 5.41) is 3.13. The van der Waals surface area contributed by atoms with E-state index in [1.54, 1.807) is 0 Å². The first-order valence-corrected chi connectivity index (χ1v) is 6.44. The van der Waals surface area contributed by atoms with Crippen LogP contribution in [0.2, 0.25) is 0 Å². The Balaban J connectivity index is 3.21. The highest BCUT2D eigenvalue weighted by Crippen LogP contribution is 2.30. The molecule has 1 aromatic heterocycles. The van der Waals surface area contributed by atoms with Gasteiger partial charge in [-0.1, -0.05) is 20.8 Å². The average Bonchev–Trinajstić information content (AvgIpc) is 2.28. The van der Waals surface area contributed by atoms with Crippen molar-refractivity contribution >= 4 is 11.6 Å². The zero-order chi connectivity index (χ0) is 14.1. The van der Waals surface area contributed by atoms with E-state index in [4.69, 9.17) is 0 Å². The maximum absolute atomic E-state index is 4.59. The fourth-order valence-electron chi connectivity index (χ4n) is 1.96. The van der Waals surface area contributed by atoms with Crippen molar-refractivity contribution in [3.05, 3.63) is 11.4 Å². The summed E-state index contributed by atoms with van der Waals surface area (Å²) in [4.78, 5) is 11.2. The maximum Gasteiger partial charge on any atom is 0.137 e. The van der Waals surface area contributed by atoms with Crippen LogP contribution in [0.25, 0.3) is 0 Å². The number of nitrogens with zero attached hydrogens (tertiary/aromatic N) is 3. The van der Waals surface area contributed by atoms with Crippen molar-refractivity contribution < 1.29 is 0 Å². The maximum atomic E-state index is 4.59. The molecule has 0 amide bonds. The highest BCUT2D eigenvalue weighted by molar-refractivity contribution is 5.58. The first kappa shape index (κ1) is 14.7. The van der Waals surface area contributed by atoms with Crippen molar-refractivity contribution in [2.24, 2.45) is 5.41 Å². The van der Waals surface area contributed by atoms with Crippen molar-refractivity contribution in [3.63, 3.8) is 0 Å². The quantitative estimate of drug-likeness (QED) is 0.895. The molecule has 4 nitrogen and oxygen atoms in total. The third-order valence-corrected chi connectivity index (χ3v) is 3.64. The molecule has 4 heteroatoms.